The minimum atomic E-state index is -5.37. The first kappa shape index (κ1) is 60.3. The van der Waals surface area contributed by atoms with Crippen molar-refractivity contribution < 1.29 is 59.3 Å². The van der Waals surface area contributed by atoms with Crippen LogP contribution in [-0.4, -0.2) is 138 Å². The van der Waals surface area contributed by atoms with E-state index in [2.05, 4.69) is 36.1 Å². The summed E-state index contributed by atoms with van der Waals surface area (Å²) in [6, 6.07) is 20.1. The minimum absolute atomic E-state index is 0.0216. The van der Waals surface area contributed by atoms with Crippen molar-refractivity contribution in [2.45, 2.75) is 107 Å². The number of piperidine rings is 1. The third-order valence-corrected chi connectivity index (χ3v) is 23.2. The number of amides is 2. The van der Waals surface area contributed by atoms with Crippen molar-refractivity contribution in [1.82, 2.24) is 45.2 Å². The first-order valence-electron chi connectivity index (χ1n) is 25.1. The number of nitrogens with one attached hydrogen (secondary N) is 4. The molecule has 21 nitrogen and oxygen atoms in total. The Morgan fingerprint density at radius 2 is 1.39 bits per heavy atom. The van der Waals surface area contributed by atoms with Gasteiger partial charge in [0.25, 0.3) is 10.0 Å². The number of carbonyl (C=O) groups excluding carboxylic acids is 1. The zero-order chi connectivity index (χ0) is 56.7. The zero-order valence-corrected chi connectivity index (χ0v) is 48.3. The number of sulfonamides is 2. The van der Waals surface area contributed by atoms with E-state index < -0.39 is 105 Å². The zero-order valence-electron chi connectivity index (χ0n) is 45.6. The summed E-state index contributed by atoms with van der Waals surface area (Å²) in [6.07, 6.45) is 1.63. The second-order valence-corrected chi connectivity index (χ2v) is 30.5. The molecule has 1 aliphatic carbocycles. The van der Waals surface area contributed by atoms with Crippen molar-refractivity contribution in [3.8, 4) is 17.2 Å². The molecule has 0 radical (unpaired) electrons. The maximum Gasteiger partial charge on any atom is 0.407 e. The molecule has 0 saturated carbocycles. The van der Waals surface area contributed by atoms with Crippen LogP contribution in [0.5, 0.6) is 17.2 Å². The van der Waals surface area contributed by atoms with Crippen LogP contribution in [0.1, 0.15) is 70.5 Å². The van der Waals surface area contributed by atoms with Crippen LogP contribution in [0.3, 0.4) is 0 Å². The topological polar surface area (TPSA) is 264 Å². The molecule has 0 bridgehead atoms. The van der Waals surface area contributed by atoms with Gasteiger partial charge < -0.3 is 44.4 Å². The highest BCUT2D eigenvalue weighted by Gasteiger charge is 2.72. The lowest BCUT2D eigenvalue weighted by atomic mass is 9.61. The summed E-state index contributed by atoms with van der Waals surface area (Å²) in [6.45, 7) is 11.7. The molecule has 1 saturated heterocycles. The SMILES string of the molecule is COc1ccc(CN(Cc2ccc(OC)cc2)S(=O)(=O)C2(F)CNCCC2(CNC(=O)O)C2C=CC=CC2(c2nnn(Cc3ccc(OC)cc3)n2)S(=O)(=O)NC[C@@H](CNC(=O)OC(C)(C)C)O[Si](C)(C)C(C)(C)C)cc1. The first-order chi connectivity index (χ1) is 36.0. The second kappa shape index (κ2) is 24.0. The van der Waals surface area contributed by atoms with Gasteiger partial charge in [0.05, 0.1) is 34.0 Å². The fourth-order valence-corrected chi connectivity index (χ4v) is 14.6. The van der Waals surface area contributed by atoms with E-state index in [-0.39, 0.29) is 37.8 Å². The Labute approximate surface area is 452 Å². The second-order valence-electron chi connectivity index (χ2n) is 21.7. The molecule has 5 atom stereocenters. The number of benzene rings is 3. The minimum Gasteiger partial charge on any atom is -0.497 e. The normalized spacial score (nSPS) is 21.5. The van der Waals surface area contributed by atoms with Crippen LogP contribution in [0.25, 0.3) is 0 Å². The molecule has 5 N–H and O–H groups in total. The molecule has 1 aromatic heterocycles. The average molecular weight is 1130 g/mol. The van der Waals surface area contributed by atoms with Crippen LogP contribution < -0.4 is 34.9 Å². The maximum absolute atomic E-state index is 19.9. The van der Waals surface area contributed by atoms with Crippen LogP contribution in [-0.2, 0) is 53.6 Å². The van der Waals surface area contributed by atoms with Gasteiger partial charge in [-0.25, -0.2) is 35.5 Å². The molecule has 0 spiro atoms. The Bertz CT molecular complexity index is 2900. The van der Waals surface area contributed by atoms with Crippen molar-refractivity contribution in [2.24, 2.45) is 11.3 Å². The number of nitrogens with zero attached hydrogens (tertiary/aromatic N) is 5. The first-order valence-corrected chi connectivity index (χ1v) is 30.9. The molecule has 77 heavy (non-hydrogen) atoms. The van der Waals surface area contributed by atoms with Crippen LogP contribution in [0.2, 0.25) is 18.1 Å². The summed E-state index contributed by atoms with van der Waals surface area (Å²) in [5, 5.41) is 27.7. The van der Waals surface area contributed by atoms with Crippen LogP contribution >= 0.6 is 0 Å². The number of carbonyl (C=O) groups is 2. The summed E-state index contributed by atoms with van der Waals surface area (Å²) in [5.41, 5.74) is -1.76. The van der Waals surface area contributed by atoms with Gasteiger partial charge in [0.1, 0.15) is 22.8 Å². The van der Waals surface area contributed by atoms with Crippen molar-refractivity contribution in [3.05, 3.63) is 120 Å². The monoisotopic (exact) mass is 1130 g/mol. The number of methoxy groups -OCH3 is 3. The summed E-state index contributed by atoms with van der Waals surface area (Å²) in [7, 11) is -8.73. The average Bonchev–Trinajstić information content (AvgIpc) is 3.87. The lowest BCUT2D eigenvalue weighted by Gasteiger charge is -2.56. The number of aromatic nitrogens is 4. The third-order valence-electron chi connectivity index (χ3n) is 14.4. The standard InChI is InChI=1S/C52H74FN9O12S2Si/c1-48(2,3)73-47(65)55-30-43(74-77(10,11)49(4,5)6)31-57-75(66,67)51(45-58-60-62(59-45)34-39-19-25-42(72-9)26-20-39)27-13-12-14-44(51)50(35-56-46(63)64)28-29-54-36-52(50,53)76(68,69)61(32-37-15-21-40(70-7)22-16-37)33-38-17-23-41(71-8)24-18-38/h12-27,43-44,54,56-57H,28-36H2,1-11H3,(H,55,65)(H,63,64)/t43-,44?,50?,51?,52?/m1/s1. The Kier molecular flexibility index (Phi) is 18.8. The van der Waals surface area contributed by atoms with Gasteiger partial charge in [-0.15, -0.1) is 10.2 Å². The summed E-state index contributed by atoms with van der Waals surface area (Å²) in [5.74, 6) is -0.724. The van der Waals surface area contributed by atoms with E-state index in [0.29, 0.717) is 33.9 Å². The Hall–Kier alpha value is -5.96. The highest BCUT2D eigenvalue weighted by molar-refractivity contribution is 7.91. The number of alkyl halides is 1. The van der Waals surface area contributed by atoms with Gasteiger partial charge in [-0.1, -0.05) is 81.5 Å². The largest absolute Gasteiger partial charge is 0.497 e. The number of halogens is 1. The van der Waals surface area contributed by atoms with Gasteiger partial charge in [-0.2, -0.15) is 9.10 Å². The number of hydrogen-bond donors (Lipinski definition) is 5. The van der Waals surface area contributed by atoms with E-state index in [4.69, 9.17) is 23.4 Å². The van der Waals surface area contributed by atoms with E-state index in [1.807, 2.05) is 33.9 Å². The molecule has 1 fully saturated rings. The number of carboxylic acid groups (broad SMARTS) is 1. The van der Waals surface area contributed by atoms with Crippen molar-refractivity contribution >= 4 is 40.6 Å². The highest BCUT2D eigenvalue weighted by atomic mass is 32.2. The number of rotatable bonds is 23. The summed E-state index contributed by atoms with van der Waals surface area (Å²) < 4.78 is 114. The van der Waals surface area contributed by atoms with E-state index in [1.54, 1.807) is 93.6 Å². The molecule has 6 rings (SSSR count). The van der Waals surface area contributed by atoms with Gasteiger partial charge >= 0.3 is 12.2 Å². The predicted molar refractivity (Wildman–Crippen MR) is 291 cm³/mol. The highest BCUT2D eigenvalue weighted by Crippen LogP contribution is 2.59. The molecule has 2 amide bonds. The number of alkyl carbamates (subject to hydrolysis) is 1. The lowest BCUT2D eigenvalue weighted by molar-refractivity contribution is -0.0197. The number of tetrazole rings is 1. The fraction of sp³-hybridized carbons (Fsp3) is 0.519. The van der Waals surface area contributed by atoms with Crippen molar-refractivity contribution in [1.29, 1.82) is 0 Å². The van der Waals surface area contributed by atoms with E-state index in [9.17, 15) is 14.7 Å². The summed E-state index contributed by atoms with van der Waals surface area (Å²) in [4.78, 5) is 27.0. The molecular formula is C52H74FN9O12S2Si. The molecule has 2 aliphatic rings. The number of ether oxygens (including phenoxy) is 4. The molecule has 422 valence electrons. The molecule has 1 aliphatic heterocycles. The van der Waals surface area contributed by atoms with E-state index in [0.717, 1.165) is 9.10 Å². The Morgan fingerprint density at radius 3 is 1.90 bits per heavy atom. The molecule has 3 aromatic carbocycles. The smallest absolute Gasteiger partial charge is 0.407 e. The predicted octanol–water partition coefficient (Wildman–Crippen LogP) is 6.46. The number of allylic oxidation sites excluding steroid dienone is 3. The lowest BCUT2D eigenvalue weighted by Crippen LogP contribution is -2.72. The van der Waals surface area contributed by atoms with Crippen LogP contribution in [0.15, 0.2) is 97.1 Å². The Balaban J connectivity index is 1.56. The maximum atomic E-state index is 19.9. The number of hydrogen-bond acceptors (Lipinski definition) is 15. The van der Waals surface area contributed by atoms with E-state index >= 15 is 21.2 Å². The van der Waals surface area contributed by atoms with Gasteiger partial charge in [0.2, 0.25) is 20.8 Å². The van der Waals surface area contributed by atoms with Gasteiger partial charge in [-0.3, -0.25) is 0 Å². The van der Waals surface area contributed by atoms with Gasteiger partial charge in [0.15, 0.2) is 13.1 Å². The Morgan fingerprint density at radius 1 is 0.844 bits per heavy atom. The van der Waals surface area contributed by atoms with Gasteiger partial charge in [-0.05, 0) is 110 Å². The van der Waals surface area contributed by atoms with Crippen LogP contribution in [0, 0.1) is 11.3 Å². The van der Waals surface area contributed by atoms with E-state index in [1.165, 1.54) is 45.6 Å². The molecular weight excluding hydrogens is 1050 g/mol. The van der Waals surface area contributed by atoms with Gasteiger partial charge in [0, 0.05) is 50.6 Å². The molecule has 2 heterocycles. The quantitative estimate of drug-likeness (QED) is 0.0499. The molecule has 25 heteroatoms. The molecule has 4 aromatic rings. The van der Waals surface area contributed by atoms with Crippen LogP contribution in [0.4, 0.5) is 14.0 Å². The van der Waals surface area contributed by atoms with Crippen molar-refractivity contribution in [3.63, 3.8) is 0 Å². The third kappa shape index (κ3) is 13.5. The summed E-state index contributed by atoms with van der Waals surface area (Å²) >= 11 is 0. The van der Waals surface area contributed by atoms with Crippen molar-refractivity contribution in [2.75, 3.05) is 54.1 Å². The fourth-order valence-electron chi connectivity index (χ4n) is 9.27. The molecule has 4 unspecified atom stereocenters.